The smallest absolute Gasteiger partial charge is 1.00 e. The molecule has 3 aliphatic heterocycles. The Hall–Kier alpha value is 28.5. The molecule has 112 heavy (non-hydrogen) atoms. The van der Waals surface area contributed by atoms with Gasteiger partial charge in [-0.15, -0.1) is 22.7 Å². The van der Waals surface area contributed by atoms with Crippen molar-refractivity contribution in [2.24, 2.45) is 21.1 Å². The molecule has 4 amide bonds. The number of nitrogens with zero attached hydrogens (tertiary/aromatic N) is 4. The molecule has 6 atom stereocenters. The second-order valence-corrected chi connectivity index (χ2v) is 25.7. The molecule has 510 valence electrons. The summed E-state index contributed by atoms with van der Waals surface area (Å²) in [5.74, 6) is -1.28. The number of thiophene rings is 2. The van der Waals surface area contributed by atoms with E-state index < -0.39 is 65.1 Å². The summed E-state index contributed by atoms with van der Waals surface area (Å²) in [6.07, 6.45) is 6.21. The number of carbonyl (C=O) groups excluding carboxylic acids is 6. The van der Waals surface area contributed by atoms with Crippen LogP contribution in [0.15, 0.2) is 143 Å². The summed E-state index contributed by atoms with van der Waals surface area (Å²) in [5.41, 5.74) is 9.04. The topological polar surface area (TPSA) is 213 Å². The summed E-state index contributed by atoms with van der Waals surface area (Å²) in [7, 11) is 2.58. The van der Waals surface area contributed by atoms with Gasteiger partial charge < -0.3 is 81.9 Å². The van der Waals surface area contributed by atoms with Crippen molar-refractivity contribution in [3.8, 4) is 33.8 Å². The van der Waals surface area contributed by atoms with E-state index in [2.05, 4.69) is 34.1 Å². The average Bonchev–Trinajstić information content (AvgIpc) is 1.61. The van der Waals surface area contributed by atoms with E-state index in [0.29, 0.717) is 51.5 Å². The molecule has 2 fully saturated rings. The minimum atomic E-state index is -0.926. The van der Waals surface area contributed by atoms with Crippen LogP contribution >= 0.6 is 22.7 Å². The van der Waals surface area contributed by atoms with Gasteiger partial charge in [0, 0.05) is 35.1 Å². The summed E-state index contributed by atoms with van der Waals surface area (Å²) in [6.45, 7) is 19.6. The van der Waals surface area contributed by atoms with Gasteiger partial charge in [0.15, 0.2) is 0 Å². The Balaban J connectivity index is -0.0000000287. The number of likely N-dealkylation sites (tertiary alicyclic amines) is 1. The summed E-state index contributed by atoms with van der Waals surface area (Å²) >= 11 is 2.57. The summed E-state index contributed by atoms with van der Waals surface area (Å²) in [6, 6.07) is 27.6. The van der Waals surface area contributed by atoms with Gasteiger partial charge in [0.1, 0.15) is 72.5 Å². The van der Waals surface area contributed by atoms with Crippen molar-refractivity contribution in [1.82, 2.24) is 20.4 Å². The fourth-order valence-corrected chi connectivity index (χ4v) is 13.0. The molecular formula is C69H97K23N6O12S2. The fourth-order valence-electron chi connectivity index (χ4n) is 11.4. The molecule has 0 spiro atoms. The van der Waals surface area contributed by atoms with Crippen molar-refractivity contribution in [1.29, 1.82) is 0 Å². The Morgan fingerprint density at radius 1 is 0.652 bits per heavy atom. The van der Waals surface area contributed by atoms with Crippen molar-refractivity contribution < 1.29 is 1270 Å². The van der Waals surface area contributed by atoms with E-state index in [1.54, 1.807) is 23.6 Å². The predicted octanol–water partition coefficient (Wildman–Crippen LogP) is -55.1. The third-order valence-electron chi connectivity index (χ3n) is 15.9. The number of fused-ring (bicyclic) bond motifs is 10. The molecule has 2 aliphatic carbocycles. The van der Waals surface area contributed by atoms with Crippen LogP contribution in [0.3, 0.4) is 0 Å². The monoisotopic (exact) mass is 2160 g/mol. The van der Waals surface area contributed by atoms with Crippen molar-refractivity contribution in [2.45, 2.75) is 98.2 Å². The summed E-state index contributed by atoms with van der Waals surface area (Å²) < 4.78 is 22.0. The van der Waals surface area contributed by atoms with Crippen LogP contribution in [0.4, 0.5) is 0 Å². The van der Waals surface area contributed by atoms with Crippen LogP contribution < -0.4 is 1200 Å². The number of hydrogen-bond donors (Lipinski definition) is 2. The molecule has 43 heteroatoms. The zero-order chi connectivity index (χ0) is 62.6. The number of carbonyl (C=O) groups is 6. The number of esters is 2. The van der Waals surface area contributed by atoms with E-state index >= 15 is 0 Å². The molecule has 18 nitrogen and oxygen atoms in total. The van der Waals surface area contributed by atoms with Crippen molar-refractivity contribution >= 4 is 81.8 Å². The number of methoxy groups -OCH3 is 2. The molecule has 11 rings (SSSR count). The van der Waals surface area contributed by atoms with E-state index in [4.69, 9.17) is 28.6 Å². The molecule has 2 saturated heterocycles. The average molecular weight is 2170 g/mol. The first-order valence-corrected chi connectivity index (χ1v) is 30.6. The van der Waals surface area contributed by atoms with E-state index in [1.165, 1.54) is 46.7 Å². The third-order valence-corrected chi connectivity index (χ3v) is 17.7. The third kappa shape index (κ3) is 52.4. The first-order chi connectivity index (χ1) is 42.2. The minimum Gasteiger partial charge on any atom is -1.00 e. The molecule has 6 aromatic rings. The first-order valence-electron chi connectivity index (χ1n) is 28.9. The fraction of sp³-hybridized carbons (Fsp3) is 0.333. The zero-order valence-corrected chi connectivity index (χ0v) is 147. The first kappa shape index (κ1) is 174. The molecule has 2 N–H and O–H groups in total. The van der Waals surface area contributed by atoms with Gasteiger partial charge in [0.2, 0.25) is 11.8 Å². The number of ether oxygens (including phenoxy) is 4. The Labute approximate surface area is 1690 Å². The van der Waals surface area contributed by atoms with Gasteiger partial charge in [-0.05, 0) is 110 Å². The normalized spacial score (nSPS) is 16.1. The molecular weight excluding hydrogens is 2070 g/mol. The van der Waals surface area contributed by atoms with Gasteiger partial charge in [-0.3, -0.25) is 19.2 Å². The molecule has 5 aliphatic rings. The minimum absolute atomic E-state index is 0. The van der Waals surface area contributed by atoms with Gasteiger partial charge >= 0.3 is 1190 Å². The molecule has 0 radical (unpaired) electrons. The summed E-state index contributed by atoms with van der Waals surface area (Å²) in [5, 5.41) is 18.7. The largest absolute Gasteiger partial charge is 1.00 e. The maximum atomic E-state index is 14.1. The second-order valence-electron chi connectivity index (χ2n) is 23.8. The van der Waals surface area contributed by atoms with Crippen LogP contribution in [-0.2, 0) is 38.3 Å². The van der Waals surface area contributed by atoms with Crippen LogP contribution in [0.2, 0.25) is 0 Å². The maximum absolute atomic E-state index is 14.1. The quantitative estimate of drug-likeness (QED) is 0.0536. The standard InChI is InChI=1S/C35H37N3O6S.C33H33N3O6S.CH4.23K.23H/c1-7-16-43-22-13-14-25-24-11-9-10-12-26(24)29(27(25)18-22)37-44-23-19-28(34(41)42-6)38(20-23)33(40)31(35(3,4)5)36-32(39)30-21(8-2)15-17-45-30;1-33(2,3)29-31(38)36-18-21(17-26(36)32(39)40-4)42-35-27-24-10-6-5-9-22(24)23-12-11-20(16-25(23)27)41-14-7-8-19-13-15-43-28(19)30(37)34-29;;;;;;;;;;;;;;;;;;;;;;;;;;;;;;;;;;;;;;;;;;;;;;;/h7-15,17-18,23,28,31H,1-2,16,19-20H2,3-6H3,(H,36,39);5-13,15-16,21,26,29H,14,17-18H2,1-4H3,(H,34,37);1H4;;;;;;;;;;;;;;;;;;;;;;;;;;;;;;;;;;;;;;;;;;;;;;/q;;;23*+1;23*-1/b;8-7+,35-27?;;;;;;;;;;;;;;;;;;;;;;;;;;;;;;;;;;;;;;;;;;;;;;;/t23-,28?,31-;21-,26+,29-;;;;;;;;;;;;;;;;;;;;;;;;;;;;;;;;;;;;;;;;;;;;;;;/m11.............................................../s1. The van der Waals surface area contributed by atoms with E-state index in [1.807, 2.05) is 150 Å². The van der Waals surface area contributed by atoms with E-state index in [9.17, 15) is 28.8 Å². The molecule has 0 saturated carbocycles. The van der Waals surface area contributed by atoms with Crippen LogP contribution in [0.25, 0.3) is 34.4 Å². The van der Waals surface area contributed by atoms with E-state index in [0.717, 1.165) is 50.1 Å². The zero-order valence-electron chi connectivity index (χ0n) is 96.3. The van der Waals surface area contributed by atoms with Gasteiger partial charge in [-0.25, -0.2) is 9.59 Å². The van der Waals surface area contributed by atoms with Crippen molar-refractivity contribution in [3.05, 3.63) is 176 Å². The van der Waals surface area contributed by atoms with Crippen molar-refractivity contribution in [3.63, 3.8) is 0 Å². The van der Waals surface area contributed by atoms with Gasteiger partial charge in [-0.2, -0.15) is 0 Å². The van der Waals surface area contributed by atoms with Crippen LogP contribution in [0, 0.1) is 10.8 Å². The van der Waals surface area contributed by atoms with Gasteiger partial charge in [0.25, 0.3) is 11.8 Å². The Morgan fingerprint density at radius 2 is 1.18 bits per heavy atom. The number of rotatable bonds is 11. The Morgan fingerprint density at radius 3 is 1.73 bits per heavy atom. The Kier molecular flexibility index (Phi) is 143. The second kappa shape index (κ2) is 92.0. The van der Waals surface area contributed by atoms with Crippen molar-refractivity contribution in [2.75, 3.05) is 40.5 Å². The molecule has 5 heterocycles. The van der Waals surface area contributed by atoms with Crippen LogP contribution in [0.1, 0.15) is 147 Å². The molecule has 4 aromatic carbocycles. The van der Waals surface area contributed by atoms with Gasteiger partial charge in [-0.1, -0.05) is 139 Å². The number of oxime groups is 2. The number of benzene rings is 4. The molecule has 1 unspecified atom stereocenters. The predicted molar refractivity (Wildman–Crippen MR) is 372 cm³/mol. The van der Waals surface area contributed by atoms with E-state index in [-0.39, 0.29) is 1270 Å². The summed E-state index contributed by atoms with van der Waals surface area (Å²) in [4.78, 5) is 96.8. The van der Waals surface area contributed by atoms with Crippen LogP contribution in [-0.4, -0.2) is 134 Å². The SMILES string of the molecule is C.C=CCOc1ccc2c(c1)C(=NO[C@@H]1CC(C(=O)OC)N(C(=O)[C@@H](NC(=O)c3sccc3C=C)C(C)(C)C)C1)c1ccccc1-2.COC(=O)[C@@H]1C[C@@H]2CN1C(=O)[C@H](C(C)(C)C)NC(=O)c1sccc1/C=C/COc1ccc3c(c1)C(=NO2)c1ccccc1-3.[H-].[H-].[H-].[H-].[H-].[H-].[H-].[H-].[H-].[H-].[H-].[H-].[H-].[H-].[H-].[H-].[H-].[H-].[H-].[H-].[H-].[H-].[H-].[K+].[K+].[K+].[K+].[K+].[K+].[K+].[K+].[K+].[K+].[K+].[K+].[K+].[K+].[K+].[K+].[K+].[K+].[K+].[K+].[K+].[K+].[K+]. The molecule has 2 aromatic heterocycles. The Bertz CT molecular complexity index is 3980. The number of amides is 4. The maximum Gasteiger partial charge on any atom is 1.00 e. The molecule has 4 bridgehead atoms. The number of hydrogen-bond acceptors (Lipinski definition) is 16. The van der Waals surface area contributed by atoms with Crippen LogP contribution in [0.5, 0.6) is 11.5 Å². The van der Waals surface area contributed by atoms with Gasteiger partial charge in [0.05, 0.1) is 37.1 Å². The number of nitrogens with one attached hydrogen (secondary N) is 2.